The van der Waals surface area contributed by atoms with Crippen LogP contribution in [-0.2, 0) is 7.05 Å². The number of nitrogens with zero attached hydrogens (tertiary/aromatic N) is 4. The van der Waals surface area contributed by atoms with Gasteiger partial charge < -0.3 is 4.57 Å². The zero-order valence-electron chi connectivity index (χ0n) is 37.4. The standard InChI is InChI=1S/C61H44N4SSi2/c1-64-53-35-15-14-34-52(53)63-60(64)43-21-18-31-49(41-43)67(45-23-6-2-7-24-45,46-25-8-3-9-26-46)50-32-19-22-44(42-50)65-54-38-39-56-59(58(54)51-33-20-40-62-61(51)65)68(47-27-10-4-11-28-47,48-29-12-5-13-30-48)57-37-17-16-36-55(57)66-56/h2-42H,1H3. The Balaban J connectivity index is 1.10. The van der Waals surface area contributed by atoms with E-state index >= 15 is 0 Å². The molecule has 9 aromatic carbocycles. The van der Waals surface area contributed by atoms with Crippen molar-refractivity contribution in [3.63, 3.8) is 0 Å². The summed E-state index contributed by atoms with van der Waals surface area (Å²) in [6, 6.07) is 90.4. The Labute approximate surface area is 401 Å². The van der Waals surface area contributed by atoms with Crippen LogP contribution in [0.1, 0.15) is 0 Å². The molecule has 0 aliphatic carbocycles. The third kappa shape index (κ3) is 5.99. The predicted octanol–water partition coefficient (Wildman–Crippen LogP) is 8.95. The summed E-state index contributed by atoms with van der Waals surface area (Å²) in [5.41, 5.74) is 6.42. The Morgan fingerprint density at radius 1 is 0.485 bits per heavy atom. The Kier molecular flexibility index (Phi) is 9.64. The van der Waals surface area contributed by atoms with E-state index in [4.69, 9.17) is 9.97 Å². The van der Waals surface area contributed by atoms with Crippen LogP contribution in [0.4, 0.5) is 0 Å². The second-order valence-corrected chi connectivity index (χ2v) is 26.3. The lowest BCUT2D eigenvalue weighted by atomic mass is 10.2. The molecule has 13 rings (SSSR count). The van der Waals surface area contributed by atoms with Crippen molar-refractivity contribution in [2.24, 2.45) is 7.05 Å². The van der Waals surface area contributed by atoms with Crippen LogP contribution in [0.3, 0.4) is 0 Å². The summed E-state index contributed by atoms with van der Waals surface area (Å²) in [5.74, 6) is 0.955. The number of pyridine rings is 1. The van der Waals surface area contributed by atoms with Crippen LogP contribution < -0.4 is 41.5 Å². The highest BCUT2D eigenvalue weighted by atomic mass is 32.2. The number of hydrogen-bond acceptors (Lipinski definition) is 3. The Morgan fingerprint density at radius 3 is 1.79 bits per heavy atom. The average molecular weight is 921 g/mol. The molecule has 0 atom stereocenters. The van der Waals surface area contributed by atoms with Gasteiger partial charge in [-0.3, -0.25) is 4.57 Å². The first-order valence-electron chi connectivity index (χ1n) is 23.2. The highest BCUT2D eigenvalue weighted by molar-refractivity contribution is 8.00. The van der Waals surface area contributed by atoms with Gasteiger partial charge in [-0.15, -0.1) is 0 Å². The molecule has 12 aromatic rings. The second-order valence-electron chi connectivity index (χ2n) is 17.7. The molecule has 322 valence electrons. The lowest BCUT2D eigenvalue weighted by molar-refractivity contribution is 0.959. The molecule has 1 aliphatic rings. The third-order valence-electron chi connectivity index (χ3n) is 14.2. The van der Waals surface area contributed by atoms with E-state index in [1.165, 1.54) is 62.1 Å². The first-order valence-corrected chi connectivity index (χ1v) is 28.0. The molecular formula is C61H44N4SSi2. The zero-order chi connectivity index (χ0) is 45.2. The first-order chi connectivity index (χ1) is 33.7. The second kappa shape index (κ2) is 16.2. The summed E-state index contributed by atoms with van der Waals surface area (Å²) < 4.78 is 4.67. The Hall–Kier alpha value is -7.82. The van der Waals surface area contributed by atoms with E-state index in [1.807, 2.05) is 18.0 Å². The number of fused-ring (bicyclic) bond motifs is 7. The summed E-state index contributed by atoms with van der Waals surface area (Å²) in [7, 11) is -3.84. The van der Waals surface area contributed by atoms with E-state index in [0.717, 1.165) is 39.3 Å². The van der Waals surface area contributed by atoms with E-state index in [9.17, 15) is 0 Å². The lowest BCUT2D eigenvalue weighted by Gasteiger charge is -2.40. The molecule has 7 heteroatoms. The van der Waals surface area contributed by atoms with Gasteiger partial charge in [-0.05, 0) is 96.1 Å². The fourth-order valence-electron chi connectivity index (χ4n) is 11.4. The summed E-state index contributed by atoms with van der Waals surface area (Å²) in [6.07, 6.45) is 1.96. The van der Waals surface area contributed by atoms with Gasteiger partial charge in [0.25, 0.3) is 0 Å². The van der Waals surface area contributed by atoms with Crippen molar-refractivity contribution in [3.05, 3.63) is 249 Å². The van der Waals surface area contributed by atoms with Gasteiger partial charge >= 0.3 is 0 Å². The highest BCUT2D eigenvalue weighted by Crippen LogP contribution is 2.39. The maximum absolute atomic E-state index is 5.29. The molecule has 0 amide bonds. The van der Waals surface area contributed by atoms with Crippen LogP contribution in [0.15, 0.2) is 259 Å². The van der Waals surface area contributed by atoms with Gasteiger partial charge in [0.1, 0.15) is 11.5 Å². The van der Waals surface area contributed by atoms with Gasteiger partial charge in [-0.2, -0.15) is 0 Å². The topological polar surface area (TPSA) is 35.6 Å². The van der Waals surface area contributed by atoms with E-state index < -0.39 is 16.1 Å². The summed E-state index contributed by atoms with van der Waals surface area (Å²) in [5, 5.41) is 13.3. The largest absolute Gasteiger partial charge is 0.327 e. The minimum absolute atomic E-state index is 0.955. The highest BCUT2D eigenvalue weighted by Gasteiger charge is 2.49. The minimum atomic E-state index is -3.04. The number of rotatable bonds is 8. The van der Waals surface area contributed by atoms with E-state index in [-0.39, 0.29) is 0 Å². The molecule has 0 fully saturated rings. The monoisotopic (exact) mass is 920 g/mol. The van der Waals surface area contributed by atoms with Crippen LogP contribution in [0.25, 0.3) is 50.0 Å². The Bertz CT molecular complexity index is 3770. The van der Waals surface area contributed by atoms with Gasteiger partial charge in [-0.1, -0.05) is 200 Å². The van der Waals surface area contributed by atoms with Crippen LogP contribution in [0.2, 0.25) is 0 Å². The zero-order valence-corrected chi connectivity index (χ0v) is 40.2. The van der Waals surface area contributed by atoms with Gasteiger partial charge in [0.05, 0.1) is 16.6 Å². The van der Waals surface area contributed by atoms with Crippen molar-refractivity contribution in [1.82, 2.24) is 19.1 Å². The normalized spacial score (nSPS) is 13.1. The molecule has 0 bridgehead atoms. The maximum Gasteiger partial charge on any atom is 0.182 e. The lowest BCUT2D eigenvalue weighted by Crippen LogP contribution is -2.76. The smallest absolute Gasteiger partial charge is 0.182 e. The van der Waals surface area contributed by atoms with Crippen molar-refractivity contribution in [3.8, 4) is 17.1 Å². The average Bonchev–Trinajstić information content (AvgIpc) is 3.94. The van der Waals surface area contributed by atoms with Crippen molar-refractivity contribution < 1.29 is 0 Å². The van der Waals surface area contributed by atoms with Crippen LogP contribution >= 0.6 is 11.8 Å². The maximum atomic E-state index is 5.29. The molecule has 0 radical (unpaired) electrons. The molecule has 1 aliphatic heterocycles. The summed E-state index contributed by atoms with van der Waals surface area (Å²) >= 11 is 1.91. The van der Waals surface area contributed by atoms with Crippen LogP contribution in [-0.4, -0.2) is 35.2 Å². The van der Waals surface area contributed by atoms with Crippen molar-refractivity contribution in [2.45, 2.75) is 9.79 Å². The molecule has 68 heavy (non-hydrogen) atoms. The SMILES string of the molecule is Cn1c(-c2cccc([Si](c3ccccc3)(c3ccccc3)c3cccc(-n4c5ccc6c(c5c5cccnc54)[Si](c4ccccc4)(c4ccccc4)c4ccccc4S6)c3)c2)nc2ccccc21. The number of hydrogen-bond donors (Lipinski definition) is 0. The number of aryl methyl sites for hydroxylation is 1. The van der Waals surface area contributed by atoms with Crippen molar-refractivity contribution in [2.75, 3.05) is 0 Å². The molecule has 4 nitrogen and oxygen atoms in total. The van der Waals surface area contributed by atoms with E-state index in [2.05, 4.69) is 259 Å². The van der Waals surface area contributed by atoms with Gasteiger partial charge in [0, 0.05) is 45.1 Å². The number of para-hydroxylation sites is 2. The van der Waals surface area contributed by atoms with Crippen LogP contribution in [0.5, 0.6) is 0 Å². The molecule has 0 saturated carbocycles. The predicted molar refractivity (Wildman–Crippen MR) is 290 cm³/mol. The fourth-order valence-corrected chi connectivity index (χ4v) is 23.5. The Morgan fingerprint density at radius 2 is 1.09 bits per heavy atom. The molecule has 4 heterocycles. The molecule has 0 saturated heterocycles. The molecule has 0 N–H and O–H groups in total. The van der Waals surface area contributed by atoms with Crippen molar-refractivity contribution in [1.29, 1.82) is 0 Å². The minimum Gasteiger partial charge on any atom is -0.327 e. The molecule has 0 spiro atoms. The van der Waals surface area contributed by atoms with Gasteiger partial charge in [0.15, 0.2) is 16.1 Å². The van der Waals surface area contributed by atoms with E-state index in [0.29, 0.717) is 0 Å². The molecule has 3 aromatic heterocycles. The molecule has 0 unspecified atom stereocenters. The number of benzene rings is 9. The first kappa shape index (κ1) is 40.5. The number of aromatic nitrogens is 4. The van der Waals surface area contributed by atoms with Crippen LogP contribution in [0, 0.1) is 0 Å². The quantitative estimate of drug-likeness (QED) is 0.113. The van der Waals surface area contributed by atoms with E-state index in [1.54, 1.807) is 0 Å². The van der Waals surface area contributed by atoms with Gasteiger partial charge in [-0.25, -0.2) is 9.97 Å². The summed E-state index contributed by atoms with van der Waals surface area (Å²) in [4.78, 5) is 13.1. The third-order valence-corrected chi connectivity index (χ3v) is 25.4. The molecular weight excluding hydrogens is 877 g/mol. The van der Waals surface area contributed by atoms with Crippen molar-refractivity contribution >= 4 is 102 Å². The summed E-state index contributed by atoms with van der Waals surface area (Å²) in [6.45, 7) is 0. The fraction of sp³-hybridized carbons (Fsp3) is 0.0164. The number of imidazole rings is 1. The van der Waals surface area contributed by atoms with Gasteiger partial charge in [0.2, 0.25) is 0 Å².